The lowest BCUT2D eigenvalue weighted by atomic mass is 9.91. The molecular weight excluding hydrogens is 490 g/mol. The Morgan fingerprint density at radius 2 is 1.91 bits per heavy atom. The monoisotopic (exact) mass is 513 g/mol. The molecule has 0 bridgehead atoms. The highest BCUT2D eigenvalue weighted by Gasteiger charge is 2.26. The van der Waals surface area contributed by atoms with Crippen molar-refractivity contribution in [3.05, 3.63) is 69.1 Å². The summed E-state index contributed by atoms with van der Waals surface area (Å²) in [6.45, 7) is 10.1. The number of aryl methyl sites for hydroxylation is 1. The van der Waals surface area contributed by atoms with Gasteiger partial charge in [0, 0.05) is 51.9 Å². The van der Waals surface area contributed by atoms with Crippen LogP contribution in [0.1, 0.15) is 49.3 Å². The number of benzene rings is 1. The first-order valence-electron chi connectivity index (χ1n) is 10.4. The zero-order valence-corrected chi connectivity index (χ0v) is 21.0. The number of nitrogen functional groups attached to an aromatic ring is 1. The van der Waals surface area contributed by atoms with E-state index in [9.17, 15) is 0 Å². The summed E-state index contributed by atoms with van der Waals surface area (Å²) in [5, 5.41) is 0.666. The van der Waals surface area contributed by atoms with Crippen molar-refractivity contribution in [2.24, 2.45) is 0 Å². The van der Waals surface area contributed by atoms with Crippen LogP contribution in [0, 0.1) is 13.8 Å². The summed E-state index contributed by atoms with van der Waals surface area (Å²) in [5.74, 6) is 1.87. The Bertz CT molecular complexity index is 1300. The van der Waals surface area contributed by atoms with Gasteiger partial charge in [0.1, 0.15) is 21.7 Å². The molecule has 0 spiro atoms. The van der Waals surface area contributed by atoms with Gasteiger partial charge in [-0.2, -0.15) is 0 Å². The van der Waals surface area contributed by atoms with Crippen molar-refractivity contribution < 1.29 is 4.74 Å². The maximum absolute atomic E-state index is 6.75. The van der Waals surface area contributed by atoms with E-state index in [1.165, 1.54) is 0 Å². The van der Waals surface area contributed by atoms with Crippen molar-refractivity contribution in [3.8, 4) is 16.9 Å². The maximum atomic E-state index is 6.75. The number of ether oxygens (including phenoxy) is 1. The molecule has 2 N–H and O–H groups in total. The molecule has 0 aliphatic rings. The molecule has 0 aliphatic carbocycles. The number of rotatable bonds is 5. The number of hydrogen-bond donors (Lipinski definition) is 1. The van der Waals surface area contributed by atoms with Gasteiger partial charge in [0.25, 0.3) is 0 Å². The largest absolute Gasteiger partial charge is 0.490 e. The van der Waals surface area contributed by atoms with E-state index >= 15 is 0 Å². The highest BCUT2D eigenvalue weighted by molar-refractivity contribution is 9.10. The van der Waals surface area contributed by atoms with Crippen molar-refractivity contribution in [2.45, 2.75) is 46.6 Å². The Hall–Kier alpha value is -2.64. The molecular formula is C24H25BrClN5O. The standard InChI is InChI=1S/C24H25BrClN5O/c1-12(2)32-21-17(10-18(26)15(5)19(21)16-7-6-13(3)29-11-16)14(4)24-30-22(25)20-23(27)28-8-9-31(20)24/h6-12,14H,1-5H3,(H2,27,28). The lowest BCUT2D eigenvalue weighted by Crippen LogP contribution is -2.12. The van der Waals surface area contributed by atoms with E-state index in [0.29, 0.717) is 15.4 Å². The van der Waals surface area contributed by atoms with Crippen molar-refractivity contribution in [2.75, 3.05) is 5.73 Å². The summed E-state index contributed by atoms with van der Waals surface area (Å²) in [6.07, 6.45) is 5.37. The van der Waals surface area contributed by atoms with E-state index in [1.54, 1.807) is 6.20 Å². The quantitative estimate of drug-likeness (QED) is 0.336. The third-order valence-corrected chi connectivity index (χ3v) is 6.43. The summed E-state index contributed by atoms with van der Waals surface area (Å²) in [4.78, 5) is 13.4. The first-order valence-corrected chi connectivity index (χ1v) is 11.6. The van der Waals surface area contributed by atoms with Crippen molar-refractivity contribution in [1.82, 2.24) is 19.4 Å². The molecule has 4 aromatic rings. The van der Waals surface area contributed by atoms with Crippen LogP contribution in [0.3, 0.4) is 0 Å². The van der Waals surface area contributed by atoms with Gasteiger partial charge in [-0.25, -0.2) is 9.97 Å². The predicted octanol–water partition coefficient (Wildman–Crippen LogP) is 6.35. The second kappa shape index (κ2) is 8.71. The minimum Gasteiger partial charge on any atom is -0.490 e. The van der Waals surface area contributed by atoms with Crippen LogP contribution < -0.4 is 10.5 Å². The van der Waals surface area contributed by atoms with Crippen LogP contribution in [-0.2, 0) is 0 Å². The summed E-state index contributed by atoms with van der Waals surface area (Å²) >= 11 is 10.3. The highest BCUT2D eigenvalue weighted by atomic mass is 79.9. The minimum absolute atomic E-state index is 0.0257. The average Bonchev–Trinajstić information content (AvgIpc) is 3.09. The summed E-state index contributed by atoms with van der Waals surface area (Å²) in [5.41, 5.74) is 11.6. The SMILES string of the molecule is Cc1ccc(-c2c(C)c(Cl)cc(C(C)c3nc(Br)c4c(N)nccn34)c2OC(C)C)cn1. The van der Waals surface area contributed by atoms with Crippen LogP contribution in [0.15, 0.2) is 41.4 Å². The zero-order valence-electron chi connectivity index (χ0n) is 18.6. The molecule has 0 saturated heterocycles. The highest BCUT2D eigenvalue weighted by Crippen LogP contribution is 2.45. The molecule has 8 heteroatoms. The number of nitrogens with two attached hydrogens (primary N) is 1. The second-order valence-corrected chi connectivity index (χ2v) is 9.30. The average molecular weight is 515 g/mol. The topological polar surface area (TPSA) is 78.3 Å². The molecule has 3 heterocycles. The van der Waals surface area contributed by atoms with E-state index in [4.69, 9.17) is 27.1 Å². The summed E-state index contributed by atoms with van der Waals surface area (Å²) in [7, 11) is 0. The van der Waals surface area contributed by atoms with Gasteiger partial charge in [-0.1, -0.05) is 24.6 Å². The Morgan fingerprint density at radius 1 is 1.16 bits per heavy atom. The van der Waals surface area contributed by atoms with E-state index in [0.717, 1.165) is 45.0 Å². The van der Waals surface area contributed by atoms with E-state index < -0.39 is 0 Å². The van der Waals surface area contributed by atoms with Gasteiger partial charge in [0.15, 0.2) is 5.82 Å². The Labute approximate surface area is 201 Å². The van der Waals surface area contributed by atoms with Gasteiger partial charge in [-0.15, -0.1) is 0 Å². The molecule has 0 radical (unpaired) electrons. The first kappa shape index (κ1) is 22.6. The zero-order chi connectivity index (χ0) is 23.2. The number of halogens is 2. The molecule has 1 unspecified atom stereocenters. The fourth-order valence-corrected chi connectivity index (χ4v) is 4.67. The molecule has 0 saturated carbocycles. The van der Waals surface area contributed by atoms with Crippen LogP contribution in [0.4, 0.5) is 5.82 Å². The van der Waals surface area contributed by atoms with Crippen molar-refractivity contribution in [3.63, 3.8) is 0 Å². The summed E-state index contributed by atoms with van der Waals surface area (Å²) in [6, 6.07) is 6.02. The van der Waals surface area contributed by atoms with Crippen LogP contribution in [0.5, 0.6) is 5.75 Å². The molecule has 4 rings (SSSR count). The third kappa shape index (κ3) is 3.95. The smallest absolute Gasteiger partial charge is 0.150 e. The fraction of sp³-hybridized carbons (Fsp3) is 0.292. The predicted molar refractivity (Wildman–Crippen MR) is 133 cm³/mol. The van der Waals surface area contributed by atoms with E-state index in [-0.39, 0.29) is 12.0 Å². The molecule has 0 amide bonds. The Morgan fingerprint density at radius 3 is 2.56 bits per heavy atom. The molecule has 0 aliphatic heterocycles. The first-order chi connectivity index (χ1) is 15.2. The number of nitrogens with zero attached hydrogens (tertiary/aromatic N) is 4. The maximum Gasteiger partial charge on any atom is 0.150 e. The molecule has 0 fully saturated rings. The molecule has 32 heavy (non-hydrogen) atoms. The van der Waals surface area contributed by atoms with E-state index in [2.05, 4.69) is 38.9 Å². The van der Waals surface area contributed by atoms with Gasteiger partial charge in [0.2, 0.25) is 0 Å². The van der Waals surface area contributed by atoms with Crippen molar-refractivity contribution in [1.29, 1.82) is 0 Å². The normalized spacial score (nSPS) is 12.5. The van der Waals surface area contributed by atoms with Gasteiger partial charge < -0.3 is 10.5 Å². The van der Waals surface area contributed by atoms with Crippen LogP contribution >= 0.6 is 27.5 Å². The van der Waals surface area contributed by atoms with Crippen LogP contribution in [-0.4, -0.2) is 25.5 Å². The Balaban J connectivity index is 1.98. The molecule has 166 valence electrons. The number of aromatic nitrogens is 4. The molecule has 1 aromatic carbocycles. The number of anilines is 1. The third-order valence-electron chi connectivity index (χ3n) is 5.48. The van der Waals surface area contributed by atoms with Crippen molar-refractivity contribution >= 4 is 38.9 Å². The van der Waals surface area contributed by atoms with E-state index in [1.807, 2.05) is 56.6 Å². The second-order valence-electron chi connectivity index (χ2n) is 8.15. The van der Waals surface area contributed by atoms with Gasteiger partial charge in [-0.3, -0.25) is 9.38 Å². The lowest BCUT2D eigenvalue weighted by molar-refractivity contribution is 0.240. The molecule has 1 atom stereocenters. The minimum atomic E-state index is -0.139. The fourth-order valence-electron chi connectivity index (χ4n) is 3.88. The Kier molecular flexibility index (Phi) is 6.14. The summed E-state index contributed by atoms with van der Waals surface area (Å²) < 4.78 is 9.02. The van der Waals surface area contributed by atoms with Gasteiger partial charge >= 0.3 is 0 Å². The number of hydrogen-bond acceptors (Lipinski definition) is 5. The van der Waals surface area contributed by atoms with Crippen LogP contribution in [0.2, 0.25) is 5.02 Å². The van der Waals surface area contributed by atoms with Crippen LogP contribution in [0.25, 0.3) is 16.6 Å². The number of imidazole rings is 1. The number of fused-ring (bicyclic) bond motifs is 1. The van der Waals surface area contributed by atoms with Gasteiger partial charge in [-0.05, 0) is 61.3 Å². The molecule has 6 nitrogen and oxygen atoms in total. The lowest BCUT2D eigenvalue weighted by Gasteiger charge is -2.24. The van der Waals surface area contributed by atoms with Gasteiger partial charge in [0.05, 0.1) is 6.10 Å². The number of pyridine rings is 1. The molecule has 3 aromatic heterocycles.